The van der Waals surface area contributed by atoms with Crippen LogP contribution < -0.4 is 5.73 Å². The van der Waals surface area contributed by atoms with Gasteiger partial charge in [-0.2, -0.15) is 0 Å². The van der Waals surface area contributed by atoms with Gasteiger partial charge in [-0.05, 0) is 24.3 Å². The van der Waals surface area contributed by atoms with Crippen LogP contribution in [0, 0.1) is 0 Å². The number of thioether (sulfide) groups is 1. The lowest BCUT2D eigenvalue weighted by Gasteiger charge is -2.11. The van der Waals surface area contributed by atoms with E-state index in [1.165, 1.54) is 4.88 Å². The number of halogens is 2. The molecule has 0 saturated carbocycles. The Morgan fingerprint density at radius 1 is 1.29 bits per heavy atom. The van der Waals surface area contributed by atoms with Gasteiger partial charge in [0.25, 0.3) is 0 Å². The maximum Gasteiger partial charge on any atom is 0.0967 e. The Kier molecular flexibility index (Phi) is 4.70. The van der Waals surface area contributed by atoms with Crippen molar-refractivity contribution in [3.8, 4) is 0 Å². The van der Waals surface area contributed by atoms with Gasteiger partial charge >= 0.3 is 0 Å². The molecule has 0 aliphatic heterocycles. The molecular weight excluding hydrogens is 295 g/mol. The first-order chi connectivity index (χ1) is 8.19. The Morgan fingerprint density at radius 2 is 2.12 bits per heavy atom. The molecule has 1 unspecified atom stereocenters. The molecule has 17 heavy (non-hydrogen) atoms. The number of rotatable bonds is 4. The molecule has 2 N–H and O–H groups in total. The van der Waals surface area contributed by atoms with Crippen LogP contribution in [0.2, 0.25) is 9.36 Å². The second kappa shape index (κ2) is 6.07. The molecule has 0 aliphatic rings. The molecule has 0 fully saturated rings. The van der Waals surface area contributed by atoms with Crippen LogP contribution in [0.4, 0.5) is 0 Å². The summed E-state index contributed by atoms with van der Waals surface area (Å²) in [5, 5.41) is 1.73. The van der Waals surface area contributed by atoms with Crippen LogP contribution >= 0.6 is 46.3 Å². The van der Waals surface area contributed by atoms with Gasteiger partial charge in [0.2, 0.25) is 0 Å². The van der Waals surface area contributed by atoms with Gasteiger partial charge in [-0.25, -0.2) is 4.98 Å². The number of nitrogens with two attached hydrogens (primary N) is 1. The first-order valence-corrected chi connectivity index (χ1v) is 7.38. The second-order valence-electron chi connectivity index (χ2n) is 3.30. The number of hydrogen-bond acceptors (Lipinski definition) is 4. The average molecular weight is 305 g/mol. The molecule has 0 saturated heterocycles. The van der Waals surface area contributed by atoms with Gasteiger partial charge in [0, 0.05) is 17.6 Å². The first-order valence-electron chi connectivity index (χ1n) is 4.92. The van der Waals surface area contributed by atoms with Gasteiger partial charge in [-0.3, -0.25) is 0 Å². The van der Waals surface area contributed by atoms with Crippen molar-refractivity contribution >= 4 is 46.3 Å². The van der Waals surface area contributed by atoms with Crippen molar-refractivity contribution in [3.63, 3.8) is 0 Å². The lowest BCUT2D eigenvalue weighted by Crippen LogP contribution is -2.08. The van der Waals surface area contributed by atoms with Gasteiger partial charge in [0.15, 0.2) is 0 Å². The van der Waals surface area contributed by atoms with Gasteiger partial charge in [-0.1, -0.05) is 35.0 Å². The quantitative estimate of drug-likeness (QED) is 0.859. The topological polar surface area (TPSA) is 38.9 Å². The fourth-order valence-electron chi connectivity index (χ4n) is 1.30. The van der Waals surface area contributed by atoms with E-state index >= 15 is 0 Å². The highest BCUT2D eigenvalue weighted by Gasteiger charge is 2.14. The SMILES string of the molecule is NCC(Sc1ccc(Cl)cn1)c1ccc(Cl)s1. The summed E-state index contributed by atoms with van der Waals surface area (Å²) in [6.07, 6.45) is 1.64. The molecule has 0 aliphatic carbocycles. The molecule has 0 spiro atoms. The molecule has 6 heteroatoms. The molecule has 1 atom stereocenters. The molecule has 0 amide bonds. The van der Waals surface area contributed by atoms with E-state index in [-0.39, 0.29) is 5.25 Å². The lowest BCUT2D eigenvalue weighted by molar-refractivity contribution is 0.953. The number of hydrogen-bond donors (Lipinski definition) is 1. The average Bonchev–Trinajstić information content (AvgIpc) is 2.75. The Labute approximate surface area is 118 Å². The van der Waals surface area contributed by atoms with Crippen LogP contribution in [0.1, 0.15) is 10.1 Å². The number of nitrogens with zero attached hydrogens (tertiary/aromatic N) is 1. The van der Waals surface area contributed by atoms with Gasteiger partial charge in [0.05, 0.1) is 19.6 Å². The molecule has 0 radical (unpaired) electrons. The minimum Gasteiger partial charge on any atom is -0.329 e. The molecule has 2 rings (SSSR count). The summed E-state index contributed by atoms with van der Waals surface area (Å²) in [7, 11) is 0. The van der Waals surface area contributed by atoms with Crippen LogP contribution in [0.15, 0.2) is 35.5 Å². The van der Waals surface area contributed by atoms with E-state index in [0.29, 0.717) is 11.6 Å². The molecule has 2 nitrogen and oxygen atoms in total. The summed E-state index contributed by atoms with van der Waals surface area (Å²) in [5.74, 6) is 0. The lowest BCUT2D eigenvalue weighted by atomic mass is 10.3. The Hall–Kier alpha value is -0.260. The van der Waals surface area contributed by atoms with Crippen molar-refractivity contribution in [2.24, 2.45) is 5.73 Å². The van der Waals surface area contributed by atoms with Crippen molar-refractivity contribution in [2.75, 3.05) is 6.54 Å². The van der Waals surface area contributed by atoms with E-state index in [4.69, 9.17) is 28.9 Å². The summed E-state index contributed by atoms with van der Waals surface area (Å²) >= 11 is 14.9. The Balaban J connectivity index is 2.12. The highest BCUT2D eigenvalue weighted by Crippen LogP contribution is 2.38. The van der Waals surface area contributed by atoms with Crippen LogP contribution in [0.3, 0.4) is 0 Å². The zero-order valence-corrected chi connectivity index (χ0v) is 11.9. The van der Waals surface area contributed by atoms with E-state index in [1.54, 1.807) is 29.3 Å². The summed E-state index contributed by atoms with van der Waals surface area (Å²) in [5.41, 5.74) is 5.78. The molecule has 0 bridgehead atoms. The van der Waals surface area contributed by atoms with Crippen LogP contribution in [-0.2, 0) is 0 Å². The smallest absolute Gasteiger partial charge is 0.0967 e. The van der Waals surface area contributed by atoms with E-state index in [9.17, 15) is 0 Å². The molecular formula is C11H10Cl2N2S2. The maximum atomic E-state index is 5.92. The third-order valence-electron chi connectivity index (χ3n) is 2.09. The number of pyridine rings is 1. The standard InChI is InChI=1S/C11H10Cl2N2S2/c12-7-1-4-11(15-6-7)17-9(5-14)8-2-3-10(13)16-8/h1-4,6,9H,5,14H2. The zero-order valence-electron chi connectivity index (χ0n) is 8.77. The van der Waals surface area contributed by atoms with Crippen molar-refractivity contribution in [1.82, 2.24) is 4.98 Å². The van der Waals surface area contributed by atoms with Crippen LogP contribution in [-0.4, -0.2) is 11.5 Å². The largest absolute Gasteiger partial charge is 0.329 e. The summed E-state index contributed by atoms with van der Waals surface area (Å²) < 4.78 is 0.781. The van der Waals surface area contributed by atoms with Crippen molar-refractivity contribution in [1.29, 1.82) is 0 Å². The monoisotopic (exact) mass is 304 g/mol. The minimum atomic E-state index is 0.182. The van der Waals surface area contributed by atoms with E-state index < -0.39 is 0 Å². The summed E-state index contributed by atoms with van der Waals surface area (Å²) in [4.78, 5) is 5.41. The fourth-order valence-corrected chi connectivity index (χ4v) is 3.60. The summed E-state index contributed by atoms with van der Waals surface area (Å²) in [6.45, 7) is 0.547. The third-order valence-corrected chi connectivity index (χ3v) is 5.02. The predicted octanol–water partition coefficient (Wildman–Crippen LogP) is 4.24. The molecule has 2 heterocycles. The van der Waals surface area contributed by atoms with Crippen molar-refractivity contribution in [2.45, 2.75) is 10.3 Å². The van der Waals surface area contributed by atoms with Crippen LogP contribution in [0.5, 0.6) is 0 Å². The minimum absolute atomic E-state index is 0.182. The summed E-state index contributed by atoms with van der Waals surface area (Å²) in [6, 6.07) is 7.62. The first kappa shape index (κ1) is 13.2. The van der Waals surface area contributed by atoms with Gasteiger partial charge in [-0.15, -0.1) is 11.3 Å². The molecule has 0 aromatic carbocycles. The predicted molar refractivity (Wildman–Crippen MR) is 76.2 cm³/mol. The van der Waals surface area contributed by atoms with E-state index in [0.717, 1.165) is 9.36 Å². The molecule has 2 aromatic heterocycles. The Morgan fingerprint density at radius 3 is 2.65 bits per heavy atom. The number of thiophene rings is 1. The van der Waals surface area contributed by atoms with E-state index in [2.05, 4.69) is 4.98 Å². The highest BCUT2D eigenvalue weighted by molar-refractivity contribution is 7.99. The van der Waals surface area contributed by atoms with Crippen molar-refractivity contribution < 1.29 is 0 Å². The fraction of sp³-hybridized carbons (Fsp3) is 0.182. The highest BCUT2D eigenvalue weighted by atomic mass is 35.5. The second-order valence-corrected chi connectivity index (χ2v) is 6.70. The normalized spacial score (nSPS) is 12.6. The van der Waals surface area contributed by atoms with Crippen molar-refractivity contribution in [3.05, 3.63) is 44.7 Å². The van der Waals surface area contributed by atoms with E-state index in [1.807, 2.05) is 24.3 Å². The van der Waals surface area contributed by atoms with Gasteiger partial charge in [0.1, 0.15) is 0 Å². The maximum absolute atomic E-state index is 5.92. The molecule has 90 valence electrons. The van der Waals surface area contributed by atoms with Gasteiger partial charge < -0.3 is 5.73 Å². The Bertz CT molecular complexity index is 484. The molecule has 2 aromatic rings. The number of aromatic nitrogens is 1. The third kappa shape index (κ3) is 3.60. The van der Waals surface area contributed by atoms with Crippen LogP contribution in [0.25, 0.3) is 0 Å². The zero-order chi connectivity index (χ0) is 12.3.